The van der Waals surface area contributed by atoms with Crippen LogP contribution in [0.4, 0.5) is 5.69 Å². The Morgan fingerprint density at radius 2 is 2.06 bits per heavy atom. The van der Waals surface area contributed by atoms with Crippen molar-refractivity contribution in [3.05, 3.63) is 28.2 Å². The molecule has 0 saturated carbocycles. The lowest BCUT2D eigenvalue weighted by Crippen LogP contribution is -2.33. The van der Waals surface area contributed by atoms with Crippen molar-refractivity contribution >= 4 is 31.6 Å². The maximum atomic E-state index is 12.0. The van der Waals surface area contributed by atoms with Crippen molar-refractivity contribution in [2.75, 3.05) is 18.3 Å². The molecule has 1 aromatic rings. The SMILES string of the molecule is CNCC(C)S(=O)(=O)Nc1cccc(C)c1Br. The third kappa shape index (κ3) is 3.69. The second kappa shape index (κ2) is 5.84. The average Bonchev–Trinajstić information content (AvgIpc) is 2.25. The van der Waals surface area contributed by atoms with Crippen molar-refractivity contribution in [2.45, 2.75) is 19.1 Å². The van der Waals surface area contributed by atoms with Crippen LogP contribution in [0.3, 0.4) is 0 Å². The third-order valence-electron chi connectivity index (χ3n) is 2.47. The van der Waals surface area contributed by atoms with Crippen LogP contribution < -0.4 is 10.0 Å². The van der Waals surface area contributed by atoms with E-state index in [2.05, 4.69) is 26.0 Å². The third-order valence-corrected chi connectivity index (χ3v) is 5.25. The second-order valence-electron chi connectivity index (χ2n) is 3.95. The van der Waals surface area contributed by atoms with Gasteiger partial charge in [-0.3, -0.25) is 4.72 Å². The van der Waals surface area contributed by atoms with E-state index in [1.807, 2.05) is 19.1 Å². The molecule has 0 bridgehead atoms. The first kappa shape index (κ1) is 14.5. The lowest BCUT2D eigenvalue weighted by molar-refractivity contribution is 0.583. The van der Waals surface area contributed by atoms with Crippen LogP contribution in [0.15, 0.2) is 22.7 Å². The van der Waals surface area contributed by atoms with Crippen LogP contribution >= 0.6 is 15.9 Å². The molecular weight excluding hydrogens is 304 g/mol. The molecule has 1 atom stereocenters. The molecule has 0 aliphatic carbocycles. The number of nitrogens with one attached hydrogen (secondary N) is 2. The minimum Gasteiger partial charge on any atom is -0.318 e. The highest BCUT2D eigenvalue weighted by molar-refractivity contribution is 9.10. The summed E-state index contributed by atoms with van der Waals surface area (Å²) < 4.78 is 27.3. The van der Waals surface area contributed by atoms with E-state index in [-0.39, 0.29) is 0 Å². The van der Waals surface area contributed by atoms with Gasteiger partial charge in [-0.25, -0.2) is 8.42 Å². The Kier molecular flexibility index (Phi) is 4.97. The summed E-state index contributed by atoms with van der Waals surface area (Å²) in [5.41, 5.74) is 1.57. The van der Waals surface area contributed by atoms with Gasteiger partial charge in [-0.05, 0) is 48.5 Å². The fourth-order valence-electron chi connectivity index (χ4n) is 1.38. The number of benzene rings is 1. The normalized spacial score (nSPS) is 13.4. The van der Waals surface area contributed by atoms with Crippen molar-refractivity contribution in [2.24, 2.45) is 0 Å². The second-order valence-corrected chi connectivity index (χ2v) is 6.84. The average molecular weight is 321 g/mol. The molecule has 0 spiro atoms. The number of hydrogen-bond donors (Lipinski definition) is 2. The van der Waals surface area contributed by atoms with Crippen molar-refractivity contribution in [3.63, 3.8) is 0 Å². The van der Waals surface area contributed by atoms with Crippen molar-refractivity contribution < 1.29 is 8.42 Å². The van der Waals surface area contributed by atoms with Gasteiger partial charge in [0.05, 0.1) is 10.9 Å². The first-order valence-corrected chi connectivity index (χ1v) is 7.63. The lowest BCUT2D eigenvalue weighted by Gasteiger charge is -2.15. The van der Waals surface area contributed by atoms with Crippen LogP contribution in [0.5, 0.6) is 0 Å². The van der Waals surface area contributed by atoms with Crippen LogP contribution in [0.2, 0.25) is 0 Å². The fraction of sp³-hybridized carbons (Fsp3) is 0.455. The van der Waals surface area contributed by atoms with Gasteiger partial charge in [-0.1, -0.05) is 12.1 Å². The molecule has 1 rings (SSSR count). The van der Waals surface area contributed by atoms with E-state index in [1.54, 1.807) is 20.0 Å². The van der Waals surface area contributed by atoms with Gasteiger partial charge in [0.2, 0.25) is 10.0 Å². The zero-order valence-corrected chi connectivity index (χ0v) is 12.5. The maximum absolute atomic E-state index is 12.0. The van der Waals surface area contributed by atoms with Gasteiger partial charge in [-0.15, -0.1) is 0 Å². The summed E-state index contributed by atoms with van der Waals surface area (Å²) in [6, 6.07) is 5.47. The maximum Gasteiger partial charge on any atom is 0.236 e. The number of halogens is 1. The number of rotatable bonds is 5. The highest BCUT2D eigenvalue weighted by atomic mass is 79.9. The smallest absolute Gasteiger partial charge is 0.236 e. The Bertz CT molecular complexity index is 488. The summed E-state index contributed by atoms with van der Waals surface area (Å²) in [5.74, 6) is 0. The molecule has 1 aromatic carbocycles. The van der Waals surface area contributed by atoms with Crippen molar-refractivity contribution in [1.82, 2.24) is 5.32 Å². The molecule has 96 valence electrons. The molecule has 2 N–H and O–H groups in total. The number of hydrogen-bond acceptors (Lipinski definition) is 3. The van der Waals surface area contributed by atoms with Gasteiger partial charge in [0, 0.05) is 11.0 Å². The highest BCUT2D eigenvalue weighted by Gasteiger charge is 2.20. The predicted molar refractivity (Wildman–Crippen MR) is 74.8 cm³/mol. The van der Waals surface area contributed by atoms with E-state index in [4.69, 9.17) is 0 Å². The Morgan fingerprint density at radius 3 is 2.65 bits per heavy atom. The largest absolute Gasteiger partial charge is 0.318 e. The summed E-state index contributed by atoms with van der Waals surface area (Å²) in [7, 11) is -1.63. The topological polar surface area (TPSA) is 58.2 Å². The van der Waals surface area contributed by atoms with Gasteiger partial charge in [0.1, 0.15) is 0 Å². The van der Waals surface area contributed by atoms with E-state index in [9.17, 15) is 8.42 Å². The molecule has 6 heteroatoms. The Morgan fingerprint density at radius 1 is 1.41 bits per heavy atom. The van der Waals surface area contributed by atoms with Gasteiger partial charge in [0.15, 0.2) is 0 Å². The zero-order valence-electron chi connectivity index (χ0n) is 10.1. The molecule has 17 heavy (non-hydrogen) atoms. The molecule has 0 aromatic heterocycles. The zero-order chi connectivity index (χ0) is 13.1. The molecule has 0 fully saturated rings. The van der Waals surface area contributed by atoms with Gasteiger partial charge in [0.25, 0.3) is 0 Å². The Labute approximate surface area is 111 Å². The van der Waals surface area contributed by atoms with E-state index >= 15 is 0 Å². The van der Waals surface area contributed by atoms with Crippen LogP contribution in [0, 0.1) is 6.92 Å². The Hall–Kier alpha value is -0.590. The van der Waals surface area contributed by atoms with Crippen LogP contribution in [-0.2, 0) is 10.0 Å². The van der Waals surface area contributed by atoms with Gasteiger partial charge in [-0.2, -0.15) is 0 Å². The quantitative estimate of drug-likeness (QED) is 0.873. The minimum atomic E-state index is -3.36. The Balaban J connectivity index is 2.94. The van der Waals surface area contributed by atoms with Gasteiger partial charge >= 0.3 is 0 Å². The van der Waals surface area contributed by atoms with Crippen LogP contribution in [-0.4, -0.2) is 27.3 Å². The molecule has 0 amide bonds. The lowest BCUT2D eigenvalue weighted by atomic mass is 10.2. The van der Waals surface area contributed by atoms with Gasteiger partial charge < -0.3 is 5.32 Å². The van der Waals surface area contributed by atoms with Crippen LogP contribution in [0.1, 0.15) is 12.5 Å². The summed E-state index contributed by atoms with van der Waals surface area (Å²) in [4.78, 5) is 0. The molecule has 0 radical (unpaired) electrons. The molecule has 0 heterocycles. The standard InChI is InChI=1S/C11H17BrN2O2S/c1-8-5-4-6-10(11(8)12)14-17(15,16)9(2)7-13-3/h4-6,9,13-14H,7H2,1-3H3. The molecule has 0 aliphatic rings. The molecule has 0 aliphatic heterocycles. The van der Waals surface area contributed by atoms with E-state index in [0.29, 0.717) is 12.2 Å². The predicted octanol–water partition coefficient (Wildman–Crippen LogP) is 2.11. The number of aryl methyl sites for hydroxylation is 1. The van der Waals surface area contributed by atoms with Crippen molar-refractivity contribution in [1.29, 1.82) is 0 Å². The summed E-state index contributed by atoms with van der Waals surface area (Å²) in [6.45, 7) is 4.00. The monoisotopic (exact) mass is 320 g/mol. The molecule has 4 nitrogen and oxygen atoms in total. The van der Waals surface area contributed by atoms with E-state index < -0.39 is 15.3 Å². The minimum absolute atomic E-state index is 0.415. The summed E-state index contributed by atoms with van der Waals surface area (Å²) in [6.07, 6.45) is 0. The molecule has 1 unspecified atom stereocenters. The van der Waals surface area contributed by atoms with E-state index in [1.165, 1.54) is 0 Å². The highest BCUT2D eigenvalue weighted by Crippen LogP contribution is 2.27. The summed E-state index contributed by atoms with van der Waals surface area (Å²) >= 11 is 3.38. The van der Waals surface area contributed by atoms with Crippen molar-refractivity contribution in [3.8, 4) is 0 Å². The first-order valence-electron chi connectivity index (χ1n) is 5.30. The van der Waals surface area contributed by atoms with Crippen LogP contribution in [0.25, 0.3) is 0 Å². The summed E-state index contributed by atoms with van der Waals surface area (Å²) in [5, 5.41) is 2.37. The number of sulfonamides is 1. The number of anilines is 1. The molecular formula is C11H17BrN2O2S. The first-order chi connectivity index (χ1) is 7.88. The van der Waals surface area contributed by atoms with E-state index in [0.717, 1.165) is 10.0 Å². The fourth-order valence-corrected chi connectivity index (χ4v) is 2.94. The molecule has 0 saturated heterocycles.